The zero-order chi connectivity index (χ0) is 22.9. The lowest BCUT2D eigenvalue weighted by Crippen LogP contribution is -2.49. The van der Waals surface area contributed by atoms with Gasteiger partial charge in [-0.3, -0.25) is 5.01 Å². The molecule has 0 saturated carbocycles. The smallest absolute Gasteiger partial charge is 0.352 e. The molecule has 3 rings (SSSR count). The van der Waals surface area contributed by atoms with E-state index in [1.807, 2.05) is 50.6 Å². The van der Waals surface area contributed by atoms with Crippen LogP contribution in [-0.4, -0.2) is 27.9 Å². The number of amides is 2. The summed E-state index contributed by atoms with van der Waals surface area (Å²) in [5.74, 6) is 11.4. The Morgan fingerprint density at radius 3 is 2.45 bits per heavy atom. The number of urea groups is 1. The van der Waals surface area contributed by atoms with Gasteiger partial charge in [0, 0.05) is 12.7 Å². The van der Waals surface area contributed by atoms with Crippen LogP contribution in [0.4, 0.5) is 14.9 Å². The molecule has 1 aromatic heterocycles. The Hall–Kier alpha value is -3.43. The predicted molar refractivity (Wildman–Crippen MR) is 117 cm³/mol. The lowest BCUT2D eigenvalue weighted by Gasteiger charge is -2.23. The highest BCUT2D eigenvalue weighted by Gasteiger charge is 2.20. The molecule has 31 heavy (non-hydrogen) atoms. The summed E-state index contributed by atoms with van der Waals surface area (Å²) in [6, 6.07) is 9.26. The van der Waals surface area contributed by atoms with Crippen LogP contribution in [0.25, 0.3) is 5.69 Å². The first-order valence-corrected chi connectivity index (χ1v) is 9.73. The summed E-state index contributed by atoms with van der Waals surface area (Å²) in [6.07, 6.45) is 0. The van der Waals surface area contributed by atoms with E-state index in [4.69, 9.17) is 16.4 Å². The highest BCUT2D eigenvalue weighted by Crippen LogP contribution is 2.27. The van der Waals surface area contributed by atoms with Crippen molar-refractivity contribution in [2.24, 2.45) is 11.7 Å². The summed E-state index contributed by atoms with van der Waals surface area (Å²) in [4.78, 5) is 12.1. The second kappa shape index (κ2) is 8.75. The molecule has 0 aliphatic heterocycles. The highest BCUT2D eigenvalue weighted by molar-refractivity contribution is 5.91. The number of carbonyl (C=O) groups excluding carboxylic acids is 1. The fourth-order valence-corrected chi connectivity index (χ4v) is 3.24. The van der Waals surface area contributed by atoms with Gasteiger partial charge in [0.2, 0.25) is 0 Å². The zero-order valence-electron chi connectivity index (χ0n) is 18.3. The second-order valence-electron chi connectivity index (χ2n) is 7.45. The third-order valence-electron chi connectivity index (χ3n) is 5.29. The number of aryl methyl sites for hydroxylation is 2. The van der Waals surface area contributed by atoms with Crippen molar-refractivity contribution in [2.45, 2.75) is 34.3 Å². The number of nitrogens with two attached hydrogens (primary N) is 2. The fraction of sp³-hybridized carbons (Fsp3) is 0.273. The van der Waals surface area contributed by atoms with Gasteiger partial charge in [-0.15, -0.1) is 0 Å². The summed E-state index contributed by atoms with van der Waals surface area (Å²) >= 11 is 0. The standard InChI is InChI=1S/C22H27FN6O2/c1-13-11-17(29-16(4)14(2)15(3)26-29)9-10-21(13)31-12-18-19(23)7-6-8-20(18)28(25)22(30)27(5)24/h6-11H,12,24-25H2,1-5H3. The minimum atomic E-state index is -0.687. The summed E-state index contributed by atoms with van der Waals surface area (Å²) in [5.41, 5.74) is 5.30. The van der Waals surface area contributed by atoms with Gasteiger partial charge in [0.1, 0.15) is 18.2 Å². The minimum absolute atomic E-state index is 0.115. The first-order valence-electron chi connectivity index (χ1n) is 9.73. The van der Waals surface area contributed by atoms with Gasteiger partial charge in [-0.05, 0) is 69.2 Å². The van der Waals surface area contributed by atoms with E-state index in [0.717, 1.165) is 38.2 Å². The second-order valence-corrected chi connectivity index (χ2v) is 7.45. The fourth-order valence-electron chi connectivity index (χ4n) is 3.24. The van der Waals surface area contributed by atoms with E-state index in [0.29, 0.717) is 5.75 Å². The van der Waals surface area contributed by atoms with Crippen LogP contribution in [0.5, 0.6) is 5.75 Å². The number of hydrogen-bond donors (Lipinski definition) is 2. The molecule has 9 heteroatoms. The van der Waals surface area contributed by atoms with E-state index in [-0.39, 0.29) is 17.9 Å². The molecule has 0 aliphatic rings. The molecule has 0 unspecified atom stereocenters. The minimum Gasteiger partial charge on any atom is -0.488 e. The quantitative estimate of drug-likeness (QED) is 0.370. The van der Waals surface area contributed by atoms with Crippen LogP contribution in [0.1, 0.15) is 28.1 Å². The van der Waals surface area contributed by atoms with E-state index in [9.17, 15) is 9.18 Å². The molecule has 0 fully saturated rings. The summed E-state index contributed by atoms with van der Waals surface area (Å²) in [5, 5.41) is 6.19. The number of aromatic nitrogens is 2. The van der Waals surface area contributed by atoms with Gasteiger partial charge >= 0.3 is 6.03 Å². The lowest BCUT2D eigenvalue weighted by molar-refractivity contribution is 0.216. The van der Waals surface area contributed by atoms with E-state index in [1.54, 1.807) is 0 Å². The first-order chi connectivity index (χ1) is 14.6. The van der Waals surface area contributed by atoms with Crippen LogP contribution in [0.15, 0.2) is 36.4 Å². The van der Waals surface area contributed by atoms with Crippen molar-refractivity contribution in [3.05, 3.63) is 70.3 Å². The predicted octanol–water partition coefficient (Wildman–Crippen LogP) is 3.43. The molecule has 0 aliphatic carbocycles. The lowest BCUT2D eigenvalue weighted by atomic mass is 10.1. The first kappa shape index (κ1) is 22.3. The van der Waals surface area contributed by atoms with Gasteiger partial charge in [0.05, 0.1) is 22.6 Å². The monoisotopic (exact) mass is 426 g/mol. The molecule has 0 bridgehead atoms. The Morgan fingerprint density at radius 2 is 1.87 bits per heavy atom. The topological polar surface area (TPSA) is 103 Å². The Balaban J connectivity index is 1.85. The van der Waals surface area contributed by atoms with E-state index >= 15 is 0 Å². The molecule has 0 radical (unpaired) electrons. The van der Waals surface area contributed by atoms with Crippen molar-refractivity contribution in [3.8, 4) is 11.4 Å². The Kier molecular flexibility index (Phi) is 6.28. The highest BCUT2D eigenvalue weighted by atomic mass is 19.1. The molecule has 3 aromatic rings. The summed E-state index contributed by atoms with van der Waals surface area (Å²) in [7, 11) is 1.35. The number of ether oxygens (including phenoxy) is 1. The molecule has 164 valence electrons. The molecule has 1 heterocycles. The maximum atomic E-state index is 14.5. The Morgan fingerprint density at radius 1 is 1.16 bits per heavy atom. The van der Waals surface area contributed by atoms with Crippen molar-refractivity contribution in [1.82, 2.24) is 14.8 Å². The molecule has 4 N–H and O–H groups in total. The molecular formula is C22H27FN6O2. The molecule has 2 aromatic carbocycles. The van der Waals surface area contributed by atoms with Crippen molar-refractivity contribution >= 4 is 11.7 Å². The van der Waals surface area contributed by atoms with Crippen molar-refractivity contribution in [1.29, 1.82) is 0 Å². The number of hydrogen-bond acceptors (Lipinski definition) is 5. The SMILES string of the molecule is Cc1cc(-n2nc(C)c(C)c2C)ccc1OCc1c(F)cccc1N(N)C(=O)N(C)N. The van der Waals surface area contributed by atoms with E-state index in [1.165, 1.54) is 25.2 Å². The molecule has 8 nitrogen and oxygen atoms in total. The van der Waals surface area contributed by atoms with Crippen molar-refractivity contribution in [3.63, 3.8) is 0 Å². The van der Waals surface area contributed by atoms with Crippen LogP contribution < -0.4 is 21.4 Å². The average molecular weight is 426 g/mol. The largest absolute Gasteiger partial charge is 0.488 e. The third kappa shape index (κ3) is 4.37. The summed E-state index contributed by atoms with van der Waals surface area (Å²) < 4.78 is 22.3. The Bertz CT molecular complexity index is 1130. The zero-order valence-corrected chi connectivity index (χ0v) is 18.3. The van der Waals surface area contributed by atoms with Gasteiger partial charge < -0.3 is 4.74 Å². The normalized spacial score (nSPS) is 10.8. The number of anilines is 1. The van der Waals surface area contributed by atoms with Crippen LogP contribution in [0, 0.1) is 33.5 Å². The third-order valence-corrected chi connectivity index (χ3v) is 5.29. The molecule has 0 spiro atoms. The van der Waals surface area contributed by atoms with Gasteiger partial charge in [0.15, 0.2) is 0 Å². The van der Waals surface area contributed by atoms with Gasteiger partial charge in [-0.1, -0.05) is 6.07 Å². The number of halogens is 1. The summed E-state index contributed by atoms with van der Waals surface area (Å²) in [6.45, 7) is 7.83. The van der Waals surface area contributed by atoms with Gasteiger partial charge in [-0.25, -0.2) is 30.6 Å². The molecule has 0 saturated heterocycles. The van der Waals surface area contributed by atoms with Crippen molar-refractivity contribution in [2.75, 3.05) is 12.1 Å². The van der Waals surface area contributed by atoms with Crippen LogP contribution in [0.2, 0.25) is 0 Å². The molecule has 2 amide bonds. The average Bonchev–Trinajstić information content (AvgIpc) is 2.99. The molecular weight excluding hydrogens is 399 g/mol. The van der Waals surface area contributed by atoms with Crippen LogP contribution in [-0.2, 0) is 6.61 Å². The van der Waals surface area contributed by atoms with Crippen LogP contribution in [0.3, 0.4) is 0 Å². The number of benzene rings is 2. The van der Waals surface area contributed by atoms with Crippen molar-refractivity contribution < 1.29 is 13.9 Å². The van der Waals surface area contributed by atoms with Gasteiger partial charge in [0.25, 0.3) is 0 Å². The number of nitrogens with zero attached hydrogens (tertiary/aromatic N) is 4. The molecule has 0 atom stereocenters. The number of hydrazine groups is 2. The van der Waals surface area contributed by atoms with E-state index in [2.05, 4.69) is 5.10 Å². The van der Waals surface area contributed by atoms with E-state index < -0.39 is 11.8 Å². The maximum Gasteiger partial charge on any atom is 0.352 e. The number of carbonyl (C=O) groups is 1. The van der Waals surface area contributed by atoms with Crippen LogP contribution >= 0.6 is 0 Å². The number of rotatable bonds is 5. The maximum absolute atomic E-state index is 14.5. The van der Waals surface area contributed by atoms with Gasteiger partial charge in [-0.2, -0.15) is 5.10 Å². The Labute approximate surface area is 180 Å².